The maximum atomic E-state index is 11.7. The summed E-state index contributed by atoms with van der Waals surface area (Å²) in [5.74, 6) is 0.0861. The number of hydrogen-bond donors (Lipinski definition) is 3. The summed E-state index contributed by atoms with van der Waals surface area (Å²) in [6, 6.07) is 8.75. The van der Waals surface area contributed by atoms with Crippen LogP contribution in [0.5, 0.6) is 11.5 Å². The molecule has 1 aromatic carbocycles. The minimum absolute atomic E-state index is 0.153. The monoisotopic (exact) mass is 304 g/mol. The number of aromatic amines is 1. The Morgan fingerprint density at radius 2 is 2.05 bits per heavy atom. The highest BCUT2D eigenvalue weighted by atomic mass is 16.5. The largest absolute Gasteiger partial charge is 0.493 e. The lowest BCUT2D eigenvalue weighted by molar-refractivity contribution is -0.117. The van der Waals surface area contributed by atoms with E-state index >= 15 is 0 Å². The maximum Gasteiger partial charge on any atom is 0.272 e. The van der Waals surface area contributed by atoms with Crippen LogP contribution in [0.2, 0.25) is 0 Å². The van der Waals surface area contributed by atoms with E-state index in [1.54, 1.807) is 19.2 Å². The van der Waals surface area contributed by atoms with Crippen LogP contribution in [0.1, 0.15) is 16.2 Å². The average Bonchev–Trinajstić information content (AvgIpc) is 2.99. The molecule has 4 N–H and O–H groups in total. The molecule has 0 spiro atoms. The Morgan fingerprint density at radius 3 is 2.73 bits per heavy atom. The first-order valence-electron chi connectivity index (χ1n) is 6.46. The van der Waals surface area contributed by atoms with E-state index in [9.17, 15) is 9.59 Å². The number of H-pyrrole nitrogens is 1. The van der Waals surface area contributed by atoms with Gasteiger partial charge in [0.1, 0.15) is 12.3 Å². The predicted molar refractivity (Wildman–Crippen MR) is 77.4 cm³/mol. The van der Waals surface area contributed by atoms with Crippen LogP contribution >= 0.6 is 0 Å². The fraction of sp³-hybridized carbons (Fsp3) is 0.214. The summed E-state index contributed by atoms with van der Waals surface area (Å²) < 4.78 is 10.8. The Balaban J connectivity index is 1.94. The van der Waals surface area contributed by atoms with Crippen molar-refractivity contribution < 1.29 is 19.1 Å². The van der Waals surface area contributed by atoms with Crippen molar-refractivity contribution in [1.82, 2.24) is 15.5 Å². The van der Waals surface area contributed by atoms with Crippen molar-refractivity contribution in [3.8, 4) is 11.5 Å². The second-order valence-corrected chi connectivity index (χ2v) is 4.37. The van der Waals surface area contributed by atoms with Crippen molar-refractivity contribution in [1.29, 1.82) is 0 Å². The molecule has 0 aliphatic rings. The molecule has 0 aliphatic carbocycles. The number of benzene rings is 1. The normalized spacial score (nSPS) is 10.0. The molecule has 0 bridgehead atoms. The van der Waals surface area contributed by atoms with E-state index in [0.29, 0.717) is 17.2 Å². The fourth-order valence-corrected chi connectivity index (χ4v) is 1.70. The van der Waals surface area contributed by atoms with E-state index in [-0.39, 0.29) is 18.8 Å². The molecule has 2 rings (SSSR count). The highest BCUT2D eigenvalue weighted by Gasteiger charge is 2.11. The van der Waals surface area contributed by atoms with Crippen molar-refractivity contribution >= 4 is 11.8 Å². The van der Waals surface area contributed by atoms with Gasteiger partial charge in [0.15, 0.2) is 11.5 Å². The van der Waals surface area contributed by atoms with Gasteiger partial charge in [0.25, 0.3) is 5.91 Å². The van der Waals surface area contributed by atoms with Gasteiger partial charge in [-0.2, -0.15) is 5.10 Å². The van der Waals surface area contributed by atoms with Gasteiger partial charge in [0, 0.05) is 0 Å². The Morgan fingerprint density at radius 1 is 1.32 bits per heavy atom. The molecule has 0 saturated carbocycles. The smallest absolute Gasteiger partial charge is 0.272 e. The molecule has 1 aromatic heterocycles. The van der Waals surface area contributed by atoms with Crippen LogP contribution in [0.4, 0.5) is 0 Å². The number of carbonyl (C=O) groups is 2. The zero-order valence-electron chi connectivity index (χ0n) is 12.0. The summed E-state index contributed by atoms with van der Waals surface area (Å²) in [6.45, 7) is -0.0464. The number of aromatic nitrogens is 2. The average molecular weight is 304 g/mol. The second-order valence-electron chi connectivity index (χ2n) is 4.37. The number of nitrogens with two attached hydrogens (primary N) is 1. The Bertz CT molecular complexity index is 668. The lowest BCUT2D eigenvalue weighted by atomic mass is 10.3. The topological polar surface area (TPSA) is 119 Å². The first-order valence-corrected chi connectivity index (χ1v) is 6.46. The van der Waals surface area contributed by atoms with Gasteiger partial charge < -0.3 is 20.5 Å². The predicted octanol–water partition coefficient (Wildman–Crippen LogP) is 0.212. The molecule has 116 valence electrons. The van der Waals surface area contributed by atoms with E-state index in [2.05, 4.69) is 15.5 Å². The molecular formula is C14H16N4O4. The van der Waals surface area contributed by atoms with Gasteiger partial charge >= 0.3 is 0 Å². The number of ether oxygens (including phenoxy) is 2. The number of carbonyl (C=O) groups excluding carboxylic acids is 2. The number of rotatable bonds is 7. The van der Waals surface area contributed by atoms with E-state index in [4.69, 9.17) is 15.2 Å². The molecule has 0 aliphatic heterocycles. The minimum atomic E-state index is -0.622. The van der Waals surface area contributed by atoms with Crippen molar-refractivity contribution in [2.24, 2.45) is 5.73 Å². The Kier molecular flexibility index (Phi) is 4.97. The SMILES string of the molecule is COc1ccccc1OCc1cc(C(=O)NCC(N)=O)n[nH]1. The summed E-state index contributed by atoms with van der Waals surface area (Å²) >= 11 is 0. The third kappa shape index (κ3) is 3.98. The van der Waals surface area contributed by atoms with Crippen LogP contribution in [-0.4, -0.2) is 35.7 Å². The summed E-state index contributed by atoms with van der Waals surface area (Å²) in [7, 11) is 1.56. The molecule has 2 amide bonds. The van der Waals surface area contributed by atoms with Gasteiger partial charge in [0.2, 0.25) is 5.91 Å². The van der Waals surface area contributed by atoms with Gasteiger partial charge in [-0.05, 0) is 18.2 Å². The van der Waals surface area contributed by atoms with Gasteiger partial charge in [0.05, 0.1) is 19.3 Å². The molecular weight excluding hydrogens is 288 g/mol. The number of amides is 2. The molecule has 8 heteroatoms. The number of para-hydroxylation sites is 2. The molecule has 0 unspecified atom stereocenters. The standard InChI is InChI=1S/C14H16N4O4/c1-21-11-4-2-3-5-12(11)22-8-9-6-10(18-17-9)14(20)16-7-13(15)19/h2-6H,7-8H2,1H3,(H2,15,19)(H,16,20)(H,17,18). The number of primary amides is 1. The lowest BCUT2D eigenvalue weighted by Crippen LogP contribution is -2.33. The van der Waals surface area contributed by atoms with E-state index in [1.807, 2.05) is 12.1 Å². The minimum Gasteiger partial charge on any atom is -0.493 e. The van der Waals surface area contributed by atoms with E-state index < -0.39 is 11.8 Å². The first kappa shape index (κ1) is 15.4. The highest BCUT2D eigenvalue weighted by Crippen LogP contribution is 2.26. The van der Waals surface area contributed by atoms with E-state index in [0.717, 1.165) is 0 Å². The summed E-state index contributed by atoms with van der Waals surface area (Å²) in [4.78, 5) is 22.3. The van der Waals surface area contributed by atoms with Crippen molar-refractivity contribution in [2.75, 3.05) is 13.7 Å². The zero-order valence-corrected chi connectivity index (χ0v) is 12.0. The zero-order chi connectivity index (χ0) is 15.9. The fourth-order valence-electron chi connectivity index (χ4n) is 1.70. The molecule has 2 aromatic rings. The number of methoxy groups -OCH3 is 1. The molecule has 0 radical (unpaired) electrons. The third-order valence-corrected chi connectivity index (χ3v) is 2.74. The lowest BCUT2D eigenvalue weighted by Gasteiger charge is -2.08. The Labute approximate surface area is 126 Å². The number of nitrogens with zero attached hydrogens (tertiary/aromatic N) is 1. The molecule has 22 heavy (non-hydrogen) atoms. The van der Waals surface area contributed by atoms with E-state index in [1.165, 1.54) is 6.07 Å². The van der Waals surface area contributed by atoms with Gasteiger partial charge in [-0.3, -0.25) is 14.7 Å². The van der Waals surface area contributed by atoms with Crippen molar-refractivity contribution in [3.63, 3.8) is 0 Å². The van der Waals surface area contributed by atoms with Crippen LogP contribution < -0.4 is 20.5 Å². The summed E-state index contributed by atoms with van der Waals surface area (Å²) in [5, 5.41) is 8.88. The van der Waals surface area contributed by atoms with Crippen LogP contribution in [-0.2, 0) is 11.4 Å². The number of nitrogens with one attached hydrogen (secondary N) is 2. The summed E-state index contributed by atoms with van der Waals surface area (Å²) in [5.41, 5.74) is 5.71. The first-order chi connectivity index (χ1) is 10.6. The van der Waals surface area contributed by atoms with Crippen molar-refractivity contribution in [2.45, 2.75) is 6.61 Å². The second kappa shape index (κ2) is 7.11. The van der Waals surface area contributed by atoms with Crippen LogP contribution in [0.15, 0.2) is 30.3 Å². The quantitative estimate of drug-likeness (QED) is 0.675. The van der Waals surface area contributed by atoms with Crippen molar-refractivity contribution in [3.05, 3.63) is 41.7 Å². The van der Waals surface area contributed by atoms with Gasteiger partial charge in [-0.25, -0.2) is 0 Å². The van der Waals surface area contributed by atoms with Gasteiger partial charge in [-0.15, -0.1) is 0 Å². The van der Waals surface area contributed by atoms with Crippen LogP contribution in [0.25, 0.3) is 0 Å². The maximum absolute atomic E-state index is 11.7. The summed E-state index contributed by atoms with van der Waals surface area (Å²) in [6.07, 6.45) is 0. The number of hydrogen-bond acceptors (Lipinski definition) is 5. The molecule has 8 nitrogen and oxygen atoms in total. The van der Waals surface area contributed by atoms with Gasteiger partial charge in [-0.1, -0.05) is 12.1 Å². The highest BCUT2D eigenvalue weighted by molar-refractivity contribution is 5.94. The van der Waals surface area contributed by atoms with Crippen LogP contribution in [0.3, 0.4) is 0 Å². The molecule has 0 fully saturated rings. The molecule has 1 heterocycles. The molecule has 0 saturated heterocycles. The Hall–Kier alpha value is -3.03. The third-order valence-electron chi connectivity index (χ3n) is 2.74. The molecule has 0 atom stereocenters. The van der Waals surface area contributed by atoms with Crippen LogP contribution in [0, 0.1) is 0 Å².